The van der Waals surface area contributed by atoms with Crippen molar-refractivity contribution in [3.8, 4) is 0 Å². The first-order chi connectivity index (χ1) is 8.66. The summed E-state index contributed by atoms with van der Waals surface area (Å²) in [7, 11) is 1.78. The summed E-state index contributed by atoms with van der Waals surface area (Å²) in [6.07, 6.45) is 0.430. The number of amides is 1. The van der Waals surface area contributed by atoms with Gasteiger partial charge in [0.15, 0.2) is 0 Å². The van der Waals surface area contributed by atoms with Gasteiger partial charge in [-0.3, -0.25) is 9.69 Å². The summed E-state index contributed by atoms with van der Waals surface area (Å²) in [5.74, 6) is 1.62. The van der Waals surface area contributed by atoms with E-state index < -0.39 is 0 Å². The molecule has 1 aromatic heterocycles. The maximum atomic E-state index is 11.7. The fourth-order valence-electron chi connectivity index (χ4n) is 2.45. The number of fused-ring (bicyclic) bond motifs is 1. The molecule has 0 aliphatic carbocycles. The zero-order chi connectivity index (χ0) is 12.7. The third-order valence-corrected chi connectivity index (χ3v) is 3.60. The molecule has 0 unspecified atom stereocenters. The Bertz CT molecular complexity index is 495. The molecule has 3 heterocycles. The second-order valence-electron chi connectivity index (χ2n) is 4.78. The first kappa shape index (κ1) is 11.4. The highest BCUT2D eigenvalue weighted by atomic mass is 16.2. The minimum atomic E-state index is 0.0971. The standard InChI is InChI=1S/C12H17N5O/c1-8-9-7-10(18)16(2)11(9)15-12(14-8)17-5-3-13-4-6-17/h13H,3-7H2,1-2H3. The molecule has 6 heteroatoms. The predicted molar refractivity (Wildman–Crippen MR) is 69.0 cm³/mol. The monoisotopic (exact) mass is 247 g/mol. The predicted octanol–water partition coefficient (Wildman–Crippen LogP) is -0.286. The van der Waals surface area contributed by atoms with Crippen LogP contribution >= 0.6 is 0 Å². The molecule has 0 atom stereocenters. The van der Waals surface area contributed by atoms with Gasteiger partial charge in [-0.2, -0.15) is 4.98 Å². The lowest BCUT2D eigenvalue weighted by Gasteiger charge is -2.28. The Morgan fingerprint density at radius 3 is 2.67 bits per heavy atom. The maximum absolute atomic E-state index is 11.7. The molecular formula is C12H17N5O. The molecule has 96 valence electrons. The van der Waals surface area contributed by atoms with Gasteiger partial charge in [-0.1, -0.05) is 0 Å². The molecule has 1 N–H and O–H groups in total. The van der Waals surface area contributed by atoms with E-state index in [1.165, 1.54) is 0 Å². The highest BCUT2D eigenvalue weighted by Crippen LogP contribution is 2.29. The van der Waals surface area contributed by atoms with Crippen LogP contribution in [0.1, 0.15) is 11.3 Å². The molecule has 0 spiro atoms. The molecule has 2 aliphatic heterocycles. The molecule has 1 aromatic rings. The summed E-state index contributed by atoms with van der Waals surface area (Å²) in [6, 6.07) is 0. The highest BCUT2D eigenvalue weighted by Gasteiger charge is 2.29. The summed E-state index contributed by atoms with van der Waals surface area (Å²) < 4.78 is 0. The number of carbonyl (C=O) groups is 1. The van der Waals surface area contributed by atoms with Gasteiger partial charge in [0.2, 0.25) is 11.9 Å². The highest BCUT2D eigenvalue weighted by molar-refractivity contribution is 6.00. The number of nitrogens with one attached hydrogen (secondary N) is 1. The summed E-state index contributed by atoms with van der Waals surface area (Å²) in [5, 5.41) is 3.31. The van der Waals surface area contributed by atoms with Crippen LogP contribution in [0.25, 0.3) is 0 Å². The second kappa shape index (κ2) is 4.20. The van der Waals surface area contributed by atoms with Crippen LogP contribution in [0.15, 0.2) is 0 Å². The van der Waals surface area contributed by atoms with Crippen LogP contribution in [-0.4, -0.2) is 49.1 Å². The van der Waals surface area contributed by atoms with Crippen molar-refractivity contribution in [3.05, 3.63) is 11.3 Å². The van der Waals surface area contributed by atoms with Gasteiger partial charge < -0.3 is 10.2 Å². The topological polar surface area (TPSA) is 61.4 Å². The SMILES string of the molecule is Cc1nc(N2CCNCC2)nc2c1CC(=O)N2C. The first-order valence-corrected chi connectivity index (χ1v) is 6.26. The minimum Gasteiger partial charge on any atom is -0.338 e. The molecule has 1 amide bonds. The molecule has 3 rings (SSSR count). The van der Waals surface area contributed by atoms with Gasteiger partial charge in [0.1, 0.15) is 5.82 Å². The largest absolute Gasteiger partial charge is 0.338 e. The van der Waals surface area contributed by atoms with Gasteiger partial charge in [0, 0.05) is 44.5 Å². The third kappa shape index (κ3) is 1.73. The number of piperazine rings is 1. The van der Waals surface area contributed by atoms with Gasteiger partial charge in [0.05, 0.1) is 6.42 Å². The lowest BCUT2D eigenvalue weighted by Crippen LogP contribution is -2.44. The molecule has 1 saturated heterocycles. The van der Waals surface area contributed by atoms with Crippen molar-refractivity contribution in [2.75, 3.05) is 43.0 Å². The molecule has 2 aliphatic rings. The molecule has 0 radical (unpaired) electrons. The van der Waals surface area contributed by atoms with Crippen LogP contribution in [0.3, 0.4) is 0 Å². The van der Waals surface area contributed by atoms with Crippen molar-refractivity contribution in [3.63, 3.8) is 0 Å². The second-order valence-corrected chi connectivity index (χ2v) is 4.78. The number of aromatic nitrogens is 2. The summed E-state index contributed by atoms with van der Waals surface area (Å²) >= 11 is 0. The Morgan fingerprint density at radius 1 is 1.22 bits per heavy atom. The van der Waals surface area contributed by atoms with Gasteiger partial charge in [0.25, 0.3) is 0 Å². The van der Waals surface area contributed by atoms with Crippen molar-refractivity contribution in [2.24, 2.45) is 0 Å². The zero-order valence-corrected chi connectivity index (χ0v) is 10.7. The smallest absolute Gasteiger partial charge is 0.232 e. The number of aryl methyl sites for hydroxylation is 1. The minimum absolute atomic E-state index is 0.0971. The van der Waals surface area contributed by atoms with E-state index in [9.17, 15) is 4.79 Å². The first-order valence-electron chi connectivity index (χ1n) is 6.26. The van der Waals surface area contributed by atoms with Crippen LogP contribution in [0.4, 0.5) is 11.8 Å². The lowest BCUT2D eigenvalue weighted by molar-refractivity contribution is -0.117. The molecular weight excluding hydrogens is 230 g/mol. The average Bonchev–Trinajstić information content (AvgIpc) is 2.68. The Kier molecular flexibility index (Phi) is 2.66. The number of likely N-dealkylation sites (N-methyl/N-ethyl adjacent to an activating group) is 1. The molecule has 0 saturated carbocycles. The Morgan fingerprint density at radius 2 is 1.94 bits per heavy atom. The number of anilines is 2. The number of hydrogen-bond acceptors (Lipinski definition) is 5. The number of nitrogens with zero attached hydrogens (tertiary/aromatic N) is 4. The van der Waals surface area contributed by atoms with Crippen molar-refractivity contribution in [1.82, 2.24) is 15.3 Å². The van der Waals surface area contributed by atoms with Crippen molar-refractivity contribution >= 4 is 17.7 Å². The normalized spacial score (nSPS) is 19.3. The molecule has 1 fully saturated rings. The number of hydrogen-bond donors (Lipinski definition) is 1. The summed E-state index contributed by atoms with van der Waals surface area (Å²) in [6.45, 7) is 5.69. The Labute approximate surface area is 106 Å². The lowest BCUT2D eigenvalue weighted by atomic mass is 10.2. The number of carbonyl (C=O) groups excluding carboxylic acids is 1. The van der Waals surface area contributed by atoms with Crippen LogP contribution in [0.2, 0.25) is 0 Å². The van der Waals surface area contributed by atoms with Crippen molar-refractivity contribution in [1.29, 1.82) is 0 Å². The van der Waals surface area contributed by atoms with Gasteiger partial charge in [-0.15, -0.1) is 0 Å². The van der Waals surface area contributed by atoms with Crippen LogP contribution in [0.5, 0.6) is 0 Å². The molecule has 18 heavy (non-hydrogen) atoms. The van der Waals surface area contributed by atoms with E-state index in [1.54, 1.807) is 11.9 Å². The Hall–Kier alpha value is -1.69. The molecule has 6 nitrogen and oxygen atoms in total. The summed E-state index contributed by atoms with van der Waals surface area (Å²) in [5.41, 5.74) is 1.90. The van der Waals surface area contributed by atoms with Crippen LogP contribution in [-0.2, 0) is 11.2 Å². The van der Waals surface area contributed by atoms with E-state index in [0.717, 1.165) is 49.2 Å². The third-order valence-electron chi connectivity index (χ3n) is 3.60. The molecule has 0 aromatic carbocycles. The van der Waals surface area contributed by atoms with E-state index in [4.69, 9.17) is 0 Å². The summed E-state index contributed by atoms with van der Waals surface area (Å²) in [4.78, 5) is 24.6. The van der Waals surface area contributed by atoms with E-state index in [0.29, 0.717) is 6.42 Å². The Balaban J connectivity index is 1.98. The maximum Gasteiger partial charge on any atom is 0.232 e. The van der Waals surface area contributed by atoms with E-state index in [-0.39, 0.29) is 5.91 Å². The van der Waals surface area contributed by atoms with Crippen LogP contribution < -0.4 is 15.1 Å². The van der Waals surface area contributed by atoms with Gasteiger partial charge in [-0.05, 0) is 6.92 Å². The fourth-order valence-corrected chi connectivity index (χ4v) is 2.45. The molecule has 0 bridgehead atoms. The van der Waals surface area contributed by atoms with E-state index in [1.807, 2.05) is 6.92 Å². The average molecular weight is 247 g/mol. The van der Waals surface area contributed by atoms with E-state index >= 15 is 0 Å². The number of rotatable bonds is 1. The van der Waals surface area contributed by atoms with Crippen molar-refractivity contribution in [2.45, 2.75) is 13.3 Å². The van der Waals surface area contributed by atoms with E-state index in [2.05, 4.69) is 20.2 Å². The zero-order valence-electron chi connectivity index (χ0n) is 10.7. The van der Waals surface area contributed by atoms with Crippen LogP contribution in [0, 0.1) is 6.92 Å². The van der Waals surface area contributed by atoms with Gasteiger partial charge in [-0.25, -0.2) is 4.98 Å². The van der Waals surface area contributed by atoms with Crippen molar-refractivity contribution < 1.29 is 4.79 Å². The quantitative estimate of drug-likeness (QED) is 0.739. The van der Waals surface area contributed by atoms with Gasteiger partial charge >= 0.3 is 0 Å². The fraction of sp³-hybridized carbons (Fsp3) is 0.583.